The van der Waals surface area contributed by atoms with Gasteiger partial charge in [0.05, 0.1) is 13.7 Å². The van der Waals surface area contributed by atoms with Crippen LogP contribution in [0.5, 0.6) is 11.5 Å². The van der Waals surface area contributed by atoms with Gasteiger partial charge in [-0.25, -0.2) is 4.79 Å². The third-order valence-corrected chi connectivity index (χ3v) is 4.80. The van der Waals surface area contributed by atoms with Crippen molar-refractivity contribution in [2.75, 3.05) is 13.7 Å². The van der Waals surface area contributed by atoms with Crippen LogP contribution in [0.1, 0.15) is 38.0 Å². The van der Waals surface area contributed by atoms with Crippen molar-refractivity contribution < 1.29 is 19.0 Å². The molecule has 0 bridgehead atoms. The summed E-state index contributed by atoms with van der Waals surface area (Å²) in [4.78, 5) is 11.4. The molecule has 2 N–H and O–H groups in total. The number of hydrogen-bond acceptors (Lipinski definition) is 4. The number of carbonyl (C=O) groups is 1. The SMILES string of the molecule is CCc1cccc(-c2cc3c(cc2OC)C(OC(N)=O)C(C)(C)CO3)c1. The number of benzene rings is 2. The molecule has 1 aliphatic rings. The summed E-state index contributed by atoms with van der Waals surface area (Å²) in [6, 6.07) is 12.2. The lowest BCUT2D eigenvalue weighted by Gasteiger charge is -2.38. The summed E-state index contributed by atoms with van der Waals surface area (Å²) in [7, 11) is 1.63. The minimum Gasteiger partial charge on any atom is -0.496 e. The first-order valence-corrected chi connectivity index (χ1v) is 8.76. The summed E-state index contributed by atoms with van der Waals surface area (Å²) >= 11 is 0. The molecule has 2 aromatic carbocycles. The fourth-order valence-electron chi connectivity index (χ4n) is 3.36. The molecule has 0 fully saturated rings. The van der Waals surface area contributed by atoms with E-state index < -0.39 is 17.6 Å². The molecule has 0 spiro atoms. The fourth-order valence-corrected chi connectivity index (χ4v) is 3.36. The Bertz CT molecular complexity index is 829. The van der Waals surface area contributed by atoms with E-state index in [2.05, 4.69) is 19.1 Å². The number of aryl methyl sites for hydroxylation is 1. The van der Waals surface area contributed by atoms with Gasteiger partial charge in [-0.15, -0.1) is 0 Å². The average molecular weight is 355 g/mol. The maximum Gasteiger partial charge on any atom is 0.405 e. The molecule has 1 unspecified atom stereocenters. The van der Waals surface area contributed by atoms with Crippen molar-refractivity contribution in [1.82, 2.24) is 0 Å². The summed E-state index contributed by atoms with van der Waals surface area (Å²) in [5.74, 6) is 1.39. The Kier molecular flexibility index (Phi) is 4.81. The Morgan fingerprint density at radius 1 is 1.31 bits per heavy atom. The molecule has 138 valence electrons. The number of amides is 1. The summed E-state index contributed by atoms with van der Waals surface area (Å²) < 4.78 is 17.0. The van der Waals surface area contributed by atoms with Gasteiger partial charge in [0.1, 0.15) is 17.6 Å². The predicted octanol–water partition coefficient (Wildman–Crippen LogP) is 4.48. The molecule has 0 aromatic heterocycles. The van der Waals surface area contributed by atoms with E-state index in [-0.39, 0.29) is 0 Å². The van der Waals surface area contributed by atoms with E-state index in [0.717, 1.165) is 23.1 Å². The third kappa shape index (κ3) is 3.34. The second-order valence-corrected chi connectivity index (χ2v) is 7.24. The molecule has 1 aliphatic heterocycles. The van der Waals surface area contributed by atoms with Crippen LogP contribution in [-0.4, -0.2) is 19.8 Å². The highest BCUT2D eigenvalue weighted by molar-refractivity contribution is 5.74. The lowest BCUT2D eigenvalue weighted by atomic mass is 9.80. The number of methoxy groups -OCH3 is 1. The first-order valence-electron chi connectivity index (χ1n) is 8.76. The van der Waals surface area contributed by atoms with Gasteiger partial charge in [0.2, 0.25) is 0 Å². The van der Waals surface area contributed by atoms with Crippen LogP contribution in [0.2, 0.25) is 0 Å². The van der Waals surface area contributed by atoms with Crippen LogP contribution < -0.4 is 15.2 Å². The Hall–Kier alpha value is -2.69. The van der Waals surface area contributed by atoms with Crippen molar-refractivity contribution in [2.45, 2.75) is 33.3 Å². The smallest absolute Gasteiger partial charge is 0.405 e. The number of hydrogen-bond donors (Lipinski definition) is 1. The summed E-state index contributed by atoms with van der Waals surface area (Å²) in [6.45, 7) is 6.52. The molecule has 1 amide bonds. The van der Waals surface area contributed by atoms with Gasteiger partial charge in [-0.2, -0.15) is 0 Å². The van der Waals surface area contributed by atoms with Gasteiger partial charge >= 0.3 is 6.09 Å². The van der Waals surface area contributed by atoms with Crippen molar-refractivity contribution in [3.63, 3.8) is 0 Å². The van der Waals surface area contributed by atoms with E-state index in [0.29, 0.717) is 18.1 Å². The molecule has 0 aliphatic carbocycles. The van der Waals surface area contributed by atoms with Crippen LogP contribution in [0.4, 0.5) is 4.79 Å². The van der Waals surface area contributed by atoms with Gasteiger partial charge in [0.25, 0.3) is 0 Å². The van der Waals surface area contributed by atoms with Gasteiger partial charge in [-0.05, 0) is 29.7 Å². The number of fused-ring (bicyclic) bond motifs is 1. The second kappa shape index (κ2) is 6.90. The molecule has 1 atom stereocenters. The summed E-state index contributed by atoms with van der Waals surface area (Å²) in [5.41, 5.74) is 8.92. The molecule has 0 saturated carbocycles. The Labute approximate surface area is 154 Å². The number of carbonyl (C=O) groups excluding carboxylic acids is 1. The van der Waals surface area contributed by atoms with Gasteiger partial charge in [0.15, 0.2) is 0 Å². The van der Waals surface area contributed by atoms with E-state index in [1.165, 1.54) is 5.56 Å². The quantitative estimate of drug-likeness (QED) is 0.878. The maximum absolute atomic E-state index is 11.4. The molecule has 2 aromatic rings. The van der Waals surface area contributed by atoms with E-state index in [1.807, 2.05) is 38.1 Å². The lowest BCUT2D eigenvalue weighted by Crippen LogP contribution is -2.37. The van der Waals surface area contributed by atoms with Crippen molar-refractivity contribution in [3.05, 3.63) is 47.5 Å². The molecular formula is C21H25NO4. The van der Waals surface area contributed by atoms with E-state index in [4.69, 9.17) is 19.9 Å². The topological polar surface area (TPSA) is 70.8 Å². The number of primary amides is 1. The normalized spacial score (nSPS) is 17.8. The Morgan fingerprint density at radius 3 is 2.73 bits per heavy atom. The van der Waals surface area contributed by atoms with Crippen LogP contribution in [0, 0.1) is 5.41 Å². The van der Waals surface area contributed by atoms with Gasteiger partial charge in [-0.3, -0.25) is 0 Å². The molecule has 5 nitrogen and oxygen atoms in total. The first-order chi connectivity index (χ1) is 12.4. The average Bonchev–Trinajstić information content (AvgIpc) is 2.63. The van der Waals surface area contributed by atoms with Crippen LogP contribution in [0.25, 0.3) is 11.1 Å². The van der Waals surface area contributed by atoms with Crippen LogP contribution in [0.15, 0.2) is 36.4 Å². The molecular weight excluding hydrogens is 330 g/mol. The Morgan fingerprint density at radius 2 is 2.08 bits per heavy atom. The zero-order chi connectivity index (χ0) is 18.9. The maximum atomic E-state index is 11.4. The van der Waals surface area contributed by atoms with Crippen LogP contribution in [-0.2, 0) is 11.2 Å². The van der Waals surface area contributed by atoms with Crippen molar-refractivity contribution in [2.24, 2.45) is 11.1 Å². The monoisotopic (exact) mass is 355 g/mol. The predicted molar refractivity (Wildman–Crippen MR) is 100 cm³/mol. The number of nitrogens with two attached hydrogens (primary N) is 1. The molecule has 0 radical (unpaired) electrons. The zero-order valence-corrected chi connectivity index (χ0v) is 15.7. The first kappa shape index (κ1) is 18.1. The minimum absolute atomic E-state index is 0.392. The molecule has 0 saturated heterocycles. The van der Waals surface area contributed by atoms with Crippen molar-refractivity contribution >= 4 is 6.09 Å². The largest absolute Gasteiger partial charge is 0.496 e. The van der Waals surface area contributed by atoms with Crippen LogP contribution in [0.3, 0.4) is 0 Å². The van der Waals surface area contributed by atoms with Gasteiger partial charge < -0.3 is 19.9 Å². The molecule has 26 heavy (non-hydrogen) atoms. The standard InChI is InChI=1S/C21H25NO4/c1-5-13-7-6-8-14(9-13)15-10-18-16(11-17(15)24-4)19(26-20(22)23)21(2,3)12-25-18/h6-11,19H,5,12H2,1-4H3,(H2,22,23). The fraction of sp³-hybridized carbons (Fsp3) is 0.381. The van der Waals surface area contributed by atoms with E-state index in [9.17, 15) is 4.79 Å². The summed E-state index contributed by atoms with van der Waals surface area (Å²) in [6.07, 6.45) is -0.330. The minimum atomic E-state index is -0.797. The Balaban J connectivity index is 2.13. The van der Waals surface area contributed by atoms with E-state index in [1.54, 1.807) is 7.11 Å². The second-order valence-electron chi connectivity index (χ2n) is 7.24. The van der Waals surface area contributed by atoms with Crippen molar-refractivity contribution in [3.8, 4) is 22.6 Å². The zero-order valence-electron chi connectivity index (χ0n) is 15.7. The molecule has 1 heterocycles. The van der Waals surface area contributed by atoms with E-state index >= 15 is 0 Å². The number of rotatable bonds is 4. The highest BCUT2D eigenvalue weighted by atomic mass is 16.6. The van der Waals surface area contributed by atoms with Gasteiger partial charge in [0, 0.05) is 16.5 Å². The number of ether oxygens (including phenoxy) is 3. The third-order valence-electron chi connectivity index (χ3n) is 4.80. The van der Waals surface area contributed by atoms with Crippen LogP contribution >= 0.6 is 0 Å². The lowest BCUT2D eigenvalue weighted by molar-refractivity contribution is -0.0177. The highest BCUT2D eigenvalue weighted by Crippen LogP contribution is 2.48. The molecule has 3 rings (SSSR count). The van der Waals surface area contributed by atoms with Gasteiger partial charge in [-0.1, -0.05) is 45.0 Å². The molecule has 5 heteroatoms. The summed E-state index contributed by atoms with van der Waals surface area (Å²) in [5, 5.41) is 0. The van der Waals surface area contributed by atoms with Crippen molar-refractivity contribution in [1.29, 1.82) is 0 Å². The highest BCUT2D eigenvalue weighted by Gasteiger charge is 2.41.